The number of hydrogen-bond donors (Lipinski definition) is 0. The molecular formula is C13H10N2O4S2. The Labute approximate surface area is 127 Å². The van der Waals surface area contributed by atoms with Crippen LogP contribution >= 0.6 is 22.7 Å². The topological polar surface area (TPSA) is 74.3 Å². The number of hydrogen-bond acceptors (Lipinski definition) is 7. The highest BCUT2D eigenvalue weighted by Gasteiger charge is 2.29. The number of methoxy groups -OCH3 is 1. The highest BCUT2D eigenvalue weighted by Crippen LogP contribution is 2.25. The van der Waals surface area contributed by atoms with Crippen molar-refractivity contribution >= 4 is 28.6 Å². The third kappa shape index (κ3) is 2.55. The van der Waals surface area contributed by atoms with Crippen LogP contribution in [0, 0.1) is 0 Å². The fourth-order valence-corrected chi connectivity index (χ4v) is 3.19. The van der Waals surface area contributed by atoms with Gasteiger partial charge in [0, 0.05) is 0 Å². The predicted octanol–water partition coefficient (Wildman–Crippen LogP) is 2.39. The first-order valence-electron chi connectivity index (χ1n) is 5.94. The normalized spacial score (nSPS) is 12.2. The van der Waals surface area contributed by atoms with Crippen molar-refractivity contribution in [1.29, 1.82) is 0 Å². The molecular weight excluding hydrogens is 312 g/mol. The van der Waals surface area contributed by atoms with Crippen LogP contribution < -0.4 is 5.76 Å². The van der Waals surface area contributed by atoms with Gasteiger partial charge in [0.25, 0.3) is 5.89 Å². The SMILES string of the molecule is COC(=O)[C@@H](c1ccsc1)n1nc(-c2cccs2)oc1=O. The van der Waals surface area contributed by atoms with Gasteiger partial charge in [0.2, 0.25) is 0 Å². The summed E-state index contributed by atoms with van der Waals surface area (Å²) in [5.41, 5.74) is 0.639. The second kappa shape index (κ2) is 5.66. The van der Waals surface area contributed by atoms with E-state index >= 15 is 0 Å². The first kappa shape index (κ1) is 13.8. The molecule has 0 aliphatic rings. The van der Waals surface area contributed by atoms with E-state index in [9.17, 15) is 9.59 Å². The standard InChI is InChI=1S/C13H10N2O4S2/c1-18-12(16)10(8-4-6-20-7-8)15-13(17)19-11(14-15)9-3-2-5-21-9/h2-7,10H,1H3/t10-/m1/s1. The monoisotopic (exact) mass is 322 g/mol. The average molecular weight is 322 g/mol. The van der Waals surface area contributed by atoms with Gasteiger partial charge in [-0.2, -0.15) is 16.0 Å². The fourth-order valence-electron chi connectivity index (χ4n) is 1.87. The van der Waals surface area contributed by atoms with Crippen LogP contribution in [0.25, 0.3) is 10.8 Å². The molecule has 0 fully saturated rings. The fraction of sp³-hybridized carbons (Fsp3) is 0.154. The maximum absolute atomic E-state index is 12.0. The zero-order valence-corrected chi connectivity index (χ0v) is 12.5. The molecule has 0 saturated heterocycles. The number of ether oxygens (including phenoxy) is 1. The molecule has 3 aromatic heterocycles. The molecule has 0 N–H and O–H groups in total. The van der Waals surface area contributed by atoms with E-state index in [2.05, 4.69) is 5.10 Å². The summed E-state index contributed by atoms with van der Waals surface area (Å²) in [5, 5.41) is 9.57. The quantitative estimate of drug-likeness (QED) is 0.690. The summed E-state index contributed by atoms with van der Waals surface area (Å²) >= 11 is 2.82. The molecule has 3 heterocycles. The van der Waals surface area contributed by atoms with E-state index in [4.69, 9.17) is 9.15 Å². The van der Waals surface area contributed by atoms with Crippen molar-refractivity contribution in [3.63, 3.8) is 0 Å². The Balaban J connectivity index is 2.08. The zero-order chi connectivity index (χ0) is 14.8. The number of carbonyl (C=O) groups is 1. The lowest BCUT2D eigenvalue weighted by Crippen LogP contribution is -2.29. The van der Waals surface area contributed by atoms with E-state index < -0.39 is 17.8 Å². The Hall–Kier alpha value is -2.19. The molecule has 0 saturated carbocycles. The molecule has 3 rings (SSSR count). The van der Waals surface area contributed by atoms with Crippen LogP contribution in [0.15, 0.2) is 43.6 Å². The molecule has 3 aromatic rings. The van der Waals surface area contributed by atoms with Crippen LogP contribution in [-0.4, -0.2) is 22.9 Å². The third-order valence-electron chi connectivity index (χ3n) is 2.83. The molecule has 108 valence electrons. The number of rotatable bonds is 4. The molecule has 0 spiro atoms. The van der Waals surface area contributed by atoms with Crippen molar-refractivity contribution in [3.8, 4) is 10.8 Å². The van der Waals surface area contributed by atoms with Gasteiger partial charge in [-0.1, -0.05) is 6.07 Å². The van der Waals surface area contributed by atoms with Crippen LogP contribution in [0.1, 0.15) is 11.6 Å². The summed E-state index contributed by atoms with van der Waals surface area (Å²) < 4.78 is 10.9. The maximum Gasteiger partial charge on any atom is 0.438 e. The Bertz CT molecular complexity index is 787. The highest BCUT2D eigenvalue weighted by atomic mass is 32.1. The van der Waals surface area contributed by atoms with Crippen LogP contribution in [0.5, 0.6) is 0 Å². The average Bonchev–Trinajstić information content (AvgIpc) is 3.20. The molecule has 0 radical (unpaired) electrons. The Morgan fingerprint density at radius 3 is 2.90 bits per heavy atom. The third-order valence-corrected chi connectivity index (χ3v) is 4.39. The summed E-state index contributed by atoms with van der Waals surface area (Å²) in [5.74, 6) is -1.07. The first-order valence-corrected chi connectivity index (χ1v) is 7.76. The lowest BCUT2D eigenvalue weighted by atomic mass is 10.1. The van der Waals surface area contributed by atoms with E-state index in [0.29, 0.717) is 5.56 Å². The Morgan fingerprint density at radius 2 is 2.29 bits per heavy atom. The van der Waals surface area contributed by atoms with Crippen molar-refractivity contribution in [2.24, 2.45) is 0 Å². The minimum absolute atomic E-state index is 0.194. The molecule has 0 amide bonds. The smallest absolute Gasteiger partial charge is 0.438 e. The Morgan fingerprint density at radius 1 is 1.43 bits per heavy atom. The van der Waals surface area contributed by atoms with Crippen molar-refractivity contribution in [1.82, 2.24) is 9.78 Å². The minimum Gasteiger partial charge on any atom is -0.467 e. The van der Waals surface area contributed by atoms with Crippen molar-refractivity contribution in [3.05, 3.63) is 50.5 Å². The van der Waals surface area contributed by atoms with Gasteiger partial charge in [0.15, 0.2) is 6.04 Å². The van der Waals surface area contributed by atoms with Crippen LogP contribution in [0.4, 0.5) is 0 Å². The summed E-state index contributed by atoms with van der Waals surface area (Å²) in [4.78, 5) is 24.8. The molecule has 0 aliphatic heterocycles. The van der Waals surface area contributed by atoms with Gasteiger partial charge in [0.1, 0.15) is 0 Å². The van der Waals surface area contributed by atoms with E-state index in [1.807, 2.05) is 16.8 Å². The molecule has 21 heavy (non-hydrogen) atoms. The van der Waals surface area contributed by atoms with Crippen molar-refractivity contribution < 1.29 is 13.9 Å². The molecule has 0 bridgehead atoms. The van der Waals surface area contributed by atoms with Gasteiger partial charge in [-0.25, -0.2) is 9.59 Å². The van der Waals surface area contributed by atoms with Gasteiger partial charge in [0.05, 0.1) is 12.0 Å². The molecule has 0 aliphatic carbocycles. The second-order valence-corrected chi connectivity index (χ2v) is 5.81. The maximum atomic E-state index is 12.0. The summed E-state index contributed by atoms with van der Waals surface area (Å²) in [6.07, 6.45) is 0. The van der Waals surface area contributed by atoms with Crippen molar-refractivity contribution in [2.75, 3.05) is 7.11 Å². The molecule has 0 aromatic carbocycles. The minimum atomic E-state index is -0.939. The highest BCUT2D eigenvalue weighted by molar-refractivity contribution is 7.13. The second-order valence-electron chi connectivity index (χ2n) is 4.08. The Kier molecular flexibility index (Phi) is 3.72. The van der Waals surface area contributed by atoms with Crippen molar-refractivity contribution in [2.45, 2.75) is 6.04 Å². The zero-order valence-electron chi connectivity index (χ0n) is 10.9. The summed E-state index contributed by atoms with van der Waals surface area (Å²) in [7, 11) is 1.27. The van der Waals surface area contributed by atoms with Gasteiger partial charge < -0.3 is 9.15 Å². The van der Waals surface area contributed by atoms with Crippen LogP contribution in [0.2, 0.25) is 0 Å². The molecule has 0 unspecified atom stereocenters. The predicted molar refractivity (Wildman–Crippen MR) is 78.6 cm³/mol. The lowest BCUT2D eigenvalue weighted by Gasteiger charge is -2.11. The lowest BCUT2D eigenvalue weighted by molar-refractivity contribution is -0.143. The van der Waals surface area contributed by atoms with E-state index in [-0.39, 0.29) is 5.89 Å². The number of aromatic nitrogens is 2. The van der Waals surface area contributed by atoms with E-state index in [1.54, 1.807) is 17.5 Å². The number of carbonyl (C=O) groups excluding carboxylic acids is 1. The van der Waals surface area contributed by atoms with Gasteiger partial charge >= 0.3 is 11.7 Å². The van der Waals surface area contributed by atoms with Crippen LogP contribution in [0.3, 0.4) is 0 Å². The number of esters is 1. The summed E-state index contributed by atoms with van der Waals surface area (Å²) in [6.45, 7) is 0. The van der Waals surface area contributed by atoms with Gasteiger partial charge in [-0.15, -0.1) is 16.4 Å². The number of nitrogens with zero attached hydrogens (tertiary/aromatic N) is 2. The van der Waals surface area contributed by atoms with E-state index in [1.165, 1.54) is 29.8 Å². The first-order chi connectivity index (χ1) is 10.2. The van der Waals surface area contributed by atoms with E-state index in [0.717, 1.165) is 9.56 Å². The molecule has 8 heteroatoms. The van der Waals surface area contributed by atoms with Crippen LogP contribution in [-0.2, 0) is 9.53 Å². The summed E-state index contributed by atoms with van der Waals surface area (Å²) in [6, 6.07) is 4.43. The number of thiophene rings is 2. The molecule has 6 nitrogen and oxygen atoms in total. The largest absolute Gasteiger partial charge is 0.467 e. The molecule has 1 atom stereocenters. The van der Waals surface area contributed by atoms with Gasteiger partial charge in [-0.3, -0.25) is 0 Å². The van der Waals surface area contributed by atoms with Gasteiger partial charge in [-0.05, 0) is 33.8 Å².